The van der Waals surface area contributed by atoms with E-state index >= 15 is 0 Å². The van der Waals surface area contributed by atoms with E-state index in [2.05, 4.69) is 0 Å². The molecule has 98 valence electrons. The predicted octanol–water partition coefficient (Wildman–Crippen LogP) is 4.95. The first kappa shape index (κ1) is 14.0. The zero-order valence-electron chi connectivity index (χ0n) is 10.00. The third-order valence-electron chi connectivity index (χ3n) is 2.77. The normalized spacial score (nSPS) is 10.5. The summed E-state index contributed by atoms with van der Waals surface area (Å²) in [4.78, 5) is 12.1. The maximum Gasteiger partial charge on any atom is 0.166 e. The molecule has 4 heteroatoms. The van der Waals surface area contributed by atoms with Crippen molar-refractivity contribution in [2.75, 3.05) is 0 Å². The van der Waals surface area contributed by atoms with Crippen LogP contribution < -0.4 is 0 Å². The van der Waals surface area contributed by atoms with Gasteiger partial charge in [0.1, 0.15) is 5.82 Å². The largest absolute Gasteiger partial charge is 0.294 e. The van der Waals surface area contributed by atoms with E-state index in [9.17, 15) is 9.18 Å². The Morgan fingerprint density at radius 1 is 1.05 bits per heavy atom. The molecule has 0 unspecified atom stereocenters. The topological polar surface area (TPSA) is 17.1 Å². The smallest absolute Gasteiger partial charge is 0.166 e. The van der Waals surface area contributed by atoms with Crippen molar-refractivity contribution in [3.63, 3.8) is 0 Å². The van der Waals surface area contributed by atoms with Gasteiger partial charge in [0.2, 0.25) is 0 Å². The van der Waals surface area contributed by atoms with Crippen LogP contribution in [0, 0.1) is 5.82 Å². The molecule has 0 aliphatic heterocycles. The lowest BCUT2D eigenvalue weighted by atomic mass is 10.0. The second kappa shape index (κ2) is 6.18. The van der Waals surface area contributed by atoms with Gasteiger partial charge in [0.05, 0.1) is 15.6 Å². The molecular formula is C15H11Cl2FO. The maximum atomic E-state index is 13.0. The Hall–Kier alpha value is -1.38. The van der Waals surface area contributed by atoms with Gasteiger partial charge >= 0.3 is 0 Å². The summed E-state index contributed by atoms with van der Waals surface area (Å²) in [6.45, 7) is 0. The highest BCUT2D eigenvalue weighted by molar-refractivity contribution is 6.39. The highest BCUT2D eigenvalue weighted by Crippen LogP contribution is 2.26. The maximum absolute atomic E-state index is 13.0. The number of rotatable bonds is 4. The average molecular weight is 297 g/mol. The van der Waals surface area contributed by atoms with Crippen LogP contribution in [-0.2, 0) is 6.42 Å². The molecule has 0 radical (unpaired) electrons. The Balaban J connectivity index is 2.10. The fraction of sp³-hybridized carbons (Fsp3) is 0.133. The number of hydrogen-bond acceptors (Lipinski definition) is 1. The Morgan fingerprint density at radius 3 is 2.32 bits per heavy atom. The molecule has 0 spiro atoms. The Labute approximate surface area is 121 Å². The summed E-state index contributed by atoms with van der Waals surface area (Å²) in [5.74, 6) is -0.444. The molecule has 2 aromatic rings. The molecule has 0 aliphatic carbocycles. The average Bonchev–Trinajstić information content (AvgIpc) is 2.36. The molecule has 0 N–H and O–H groups in total. The number of hydrogen-bond donors (Lipinski definition) is 0. The Kier molecular flexibility index (Phi) is 4.56. The van der Waals surface area contributed by atoms with Crippen LogP contribution in [0.5, 0.6) is 0 Å². The van der Waals surface area contributed by atoms with Crippen LogP contribution in [0.1, 0.15) is 22.3 Å². The molecule has 19 heavy (non-hydrogen) atoms. The monoisotopic (exact) mass is 296 g/mol. The second-order valence-corrected chi connectivity index (χ2v) is 4.96. The number of benzene rings is 2. The van der Waals surface area contributed by atoms with Crippen LogP contribution >= 0.6 is 23.2 Å². The van der Waals surface area contributed by atoms with E-state index in [0.29, 0.717) is 22.0 Å². The lowest BCUT2D eigenvalue weighted by molar-refractivity contribution is 0.0983. The lowest BCUT2D eigenvalue weighted by Gasteiger charge is -2.06. The van der Waals surface area contributed by atoms with E-state index < -0.39 is 0 Å². The fourth-order valence-electron chi connectivity index (χ4n) is 1.84. The molecule has 0 heterocycles. The SMILES string of the molecule is O=C(CCc1cccc(F)c1)c1c(Cl)cccc1Cl. The number of carbonyl (C=O) groups is 1. The first-order chi connectivity index (χ1) is 9.08. The van der Waals surface area contributed by atoms with Gasteiger partial charge in [-0.1, -0.05) is 41.4 Å². The summed E-state index contributed by atoms with van der Waals surface area (Å²) in [5.41, 5.74) is 1.11. The van der Waals surface area contributed by atoms with Crippen molar-refractivity contribution in [3.8, 4) is 0 Å². The van der Waals surface area contributed by atoms with Crippen molar-refractivity contribution < 1.29 is 9.18 Å². The molecule has 1 nitrogen and oxygen atoms in total. The van der Waals surface area contributed by atoms with Crippen molar-refractivity contribution in [1.29, 1.82) is 0 Å². The van der Waals surface area contributed by atoms with Gasteiger partial charge in [0.25, 0.3) is 0 Å². The van der Waals surface area contributed by atoms with E-state index in [1.807, 2.05) is 0 Å². The fourth-order valence-corrected chi connectivity index (χ4v) is 2.45. The molecule has 2 aromatic carbocycles. The van der Waals surface area contributed by atoms with Gasteiger partial charge in [-0.05, 0) is 36.2 Å². The van der Waals surface area contributed by atoms with Gasteiger partial charge < -0.3 is 0 Å². The van der Waals surface area contributed by atoms with E-state index in [1.165, 1.54) is 12.1 Å². The third-order valence-corrected chi connectivity index (χ3v) is 3.40. The first-order valence-corrected chi connectivity index (χ1v) is 6.55. The molecule has 0 fully saturated rings. The van der Waals surface area contributed by atoms with Crippen molar-refractivity contribution in [3.05, 3.63) is 69.5 Å². The minimum absolute atomic E-state index is 0.139. The lowest BCUT2D eigenvalue weighted by Crippen LogP contribution is -2.03. The van der Waals surface area contributed by atoms with E-state index in [0.717, 1.165) is 5.56 Å². The highest BCUT2D eigenvalue weighted by Gasteiger charge is 2.14. The summed E-state index contributed by atoms with van der Waals surface area (Å²) in [7, 11) is 0. The highest BCUT2D eigenvalue weighted by atomic mass is 35.5. The molecule has 2 rings (SSSR count). The number of aryl methyl sites for hydroxylation is 1. The molecule has 0 saturated heterocycles. The van der Waals surface area contributed by atoms with Crippen molar-refractivity contribution in [2.24, 2.45) is 0 Å². The van der Waals surface area contributed by atoms with Crippen molar-refractivity contribution >= 4 is 29.0 Å². The number of halogens is 3. The molecule has 0 atom stereocenters. The quantitative estimate of drug-likeness (QED) is 0.730. The molecule has 0 aromatic heterocycles. The van der Waals surface area contributed by atoms with Gasteiger partial charge in [0, 0.05) is 6.42 Å². The van der Waals surface area contributed by atoms with Crippen LogP contribution in [0.15, 0.2) is 42.5 Å². The van der Waals surface area contributed by atoms with Gasteiger partial charge in [-0.2, -0.15) is 0 Å². The molecule has 0 amide bonds. The molecule has 0 bridgehead atoms. The number of carbonyl (C=O) groups excluding carboxylic acids is 1. The molecular weight excluding hydrogens is 286 g/mol. The van der Waals surface area contributed by atoms with Crippen LogP contribution in [0.3, 0.4) is 0 Å². The van der Waals surface area contributed by atoms with Gasteiger partial charge in [-0.25, -0.2) is 4.39 Å². The Bertz CT molecular complexity index is 591. The summed E-state index contributed by atoms with van der Waals surface area (Å²) in [5, 5.41) is 0.688. The van der Waals surface area contributed by atoms with Crippen LogP contribution in [0.2, 0.25) is 10.0 Å². The number of Topliss-reactive ketones (excluding diaryl/α,β-unsaturated/α-hetero) is 1. The number of ketones is 1. The van der Waals surface area contributed by atoms with E-state index in [4.69, 9.17) is 23.2 Å². The zero-order chi connectivity index (χ0) is 13.8. The third kappa shape index (κ3) is 3.55. The summed E-state index contributed by atoms with van der Waals surface area (Å²) in [6, 6.07) is 11.1. The summed E-state index contributed by atoms with van der Waals surface area (Å²) >= 11 is 11.9. The van der Waals surface area contributed by atoms with Crippen LogP contribution in [0.25, 0.3) is 0 Å². The molecule has 0 saturated carbocycles. The van der Waals surface area contributed by atoms with Crippen molar-refractivity contribution in [1.82, 2.24) is 0 Å². The standard InChI is InChI=1S/C15H11Cl2FO/c16-12-5-2-6-13(17)15(12)14(19)8-7-10-3-1-4-11(18)9-10/h1-6,9H,7-8H2. The van der Waals surface area contributed by atoms with Gasteiger partial charge in [-0.3, -0.25) is 4.79 Å². The molecule has 0 aliphatic rings. The minimum Gasteiger partial charge on any atom is -0.294 e. The second-order valence-electron chi connectivity index (χ2n) is 4.15. The van der Waals surface area contributed by atoms with E-state index in [1.54, 1.807) is 30.3 Å². The van der Waals surface area contributed by atoms with E-state index in [-0.39, 0.29) is 18.0 Å². The Morgan fingerprint density at radius 2 is 1.68 bits per heavy atom. The zero-order valence-corrected chi connectivity index (χ0v) is 11.5. The van der Waals surface area contributed by atoms with Crippen molar-refractivity contribution in [2.45, 2.75) is 12.8 Å². The summed E-state index contributed by atoms with van der Waals surface area (Å²) < 4.78 is 13.0. The van der Waals surface area contributed by atoms with Crippen LogP contribution in [-0.4, -0.2) is 5.78 Å². The first-order valence-electron chi connectivity index (χ1n) is 5.79. The summed E-state index contributed by atoms with van der Waals surface area (Å²) in [6.07, 6.45) is 0.699. The van der Waals surface area contributed by atoms with Crippen LogP contribution in [0.4, 0.5) is 4.39 Å². The minimum atomic E-state index is -0.305. The predicted molar refractivity (Wildman–Crippen MR) is 75.5 cm³/mol. The van der Waals surface area contributed by atoms with Gasteiger partial charge in [-0.15, -0.1) is 0 Å². The van der Waals surface area contributed by atoms with Gasteiger partial charge in [0.15, 0.2) is 5.78 Å².